The van der Waals surface area contributed by atoms with Gasteiger partial charge in [0.1, 0.15) is 0 Å². The smallest absolute Gasteiger partial charge is 0.195 e. The van der Waals surface area contributed by atoms with Crippen LogP contribution in [0.3, 0.4) is 0 Å². The first-order valence-corrected chi connectivity index (χ1v) is 5.48. The second-order valence-electron chi connectivity index (χ2n) is 4.03. The molecule has 0 radical (unpaired) electrons. The Balaban J connectivity index is 3.80. The highest BCUT2D eigenvalue weighted by Gasteiger charge is 2.02. The standard InChI is InChI=1S/C11H25N3/c1-6-7-8-9-10-12-11(13(2)3)14(4)5/h6-10H2,1-5H3. The Morgan fingerprint density at radius 2 is 1.50 bits per heavy atom. The minimum Gasteiger partial charge on any atom is -0.349 e. The Bertz CT molecular complexity index is 152. The number of guanidine groups is 1. The number of nitrogens with zero attached hydrogens (tertiary/aromatic N) is 3. The zero-order valence-electron chi connectivity index (χ0n) is 10.4. The van der Waals surface area contributed by atoms with Gasteiger partial charge in [0.05, 0.1) is 0 Å². The number of rotatable bonds is 5. The van der Waals surface area contributed by atoms with Gasteiger partial charge in [0.25, 0.3) is 0 Å². The van der Waals surface area contributed by atoms with Gasteiger partial charge in [-0.25, -0.2) is 0 Å². The molecule has 0 unspecified atom stereocenters. The summed E-state index contributed by atoms with van der Waals surface area (Å²) in [7, 11) is 8.13. The third kappa shape index (κ3) is 5.84. The van der Waals surface area contributed by atoms with E-state index in [2.05, 4.69) is 21.7 Å². The van der Waals surface area contributed by atoms with Crippen molar-refractivity contribution in [1.29, 1.82) is 0 Å². The highest BCUT2D eigenvalue weighted by atomic mass is 15.3. The molecule has 0 amide bonds. The summed E-state index contributed by atoms with van der Waals surface area (Å²) in [4.78, 5) is 8.67. The number of unbranched alkanes of at least 4 members (excludes halogenated alkanes) is 3. The van der Waals surface area contributed by atoms with Gasteiger partial charge in [-0.15, -0.1) is 0 Å². The van der Waals surface area contributed by atoms with Gasteiger partial charge in [-0.3, -0.25) is 4.99 Å². The second kappa shape index (κ2) is 7.65. The third-order valence-electron chi connectivity index (χ3n) is 2.06. The first-order valence-electron chi connectivity index (χ1n) is 5.48. The molecule has 0 heterocycles. The van der Waals surface area contributed by atoms with Crippen LogP contribution in [0.4, 0.5) is 0 Å². The average molecular weight is 199 g/mol. The summed E-state index contributed by atoms with van der Waals surface area (Å²) in [5, 5.41) is 0. The Morgan fingerprint density at radius 1 is 0.929 bits per heavy atom. The zero-order chi connectivity index (χ0) is 11.0. The van der Waals surface area contributed by atoms with Crippen molar-refractivity contribution in [1.82, 2.24) is 9.80 Å². The monoisotopic (exact) mass is 199 g/mol. The zero-order valence-corrected chi connectivity index (χ0v) is 10.4. The minimum atomic E-state index is 0.950. The summed E-state index contributed by atoms with van der Waals surface area (Å²) in [6.45, 7) is 3.18. The Hall–Kier alpha value is -0.730. The maximum Gasteiger partial charge on any atom is 0.195 e. The molecular formula is C11H25N3. The van der Waals surface area contributed by atoms with Crippen LogP contribution < -0.4 is 0 Å². The van der Waals surface area contributed by atoms with Crippen LogP contribution in [0.15, 0.2) is 4.99 Å². The largest absolute Gasteiger partial charge is 0.349 e. The van der Waals surface area contributed by atoms with Crippen LogP contribution in [0.25, 0.3) is 0 Å². The normalized spacial score (nSPS) is 9.79. The topological polar surface area (TPSA) is 18.8 Å². The Morgan fingerprint density at radius 3 is 1.93 bits per heavy atom. The van der Waals surface area contributed by atoms with Gasteiger partial charge in [0.2, 0.25) is 0 Å². The first kappa shape index (κ1) is 13.3. The van der Waals surface area contributed by atoms with Gasteiger partial charge in [-0.2, -0.15) is 0 Å². The number of hydrogen-bond acceptors (Lipinski definition) is 1. The molecule has 0 aromatic heterocycles. The van der Waals surface area contributed by atoms with Crippen molar-refractivity contribution in [2.45, 2.75) is 32.6 Å². The highest BCUT2D eigenvalue weighted by molar-refractivity contribution is 5.79. The van der Waals surface area contributed by atoms with Crippen molar-refractivity contribution >= 4 is 5.96 Å². The predicted octanol–water partition coefficient (Wildman–Crippen LogP) is 2.05. The second-order valence-corrected chi connectivity index (χ2v) is 4.03. The van der Waals surface area contributed by atoms with Crippen LogP contribution in [0.5, 0.6) is 0 Å². The fourth-order valence-electron chi connectivity index (χ4n) is 1.40. The number of aliphatic imine (C=N–C) groups is 1. The van der Waals surface area contributed by atoms with E-state index in [1.807, 2.05) is 28.2 Å². The average Bonchev–Trinajstić information content (AvgIpc) is 2.09. The lowest BCUT2D eigenvalue weighted by Crippen LogP contribution is -2.35. The number of hydrogen-bond donors (Lipinski definition) is 0. The Kier molecular flexibility index (Phi) is 7.25. The van der Waals surface area contributed by atoms with E-state index in [1.165, 1.54) is 25.7 Å². The Labute approximate surface area is 88.8 Å². The van der Waals surface area contributed by atoms with Crippen LogP contribution >= 0.6 is 0 Å². The predicted molar refractivity (Wildman–Crippen MR) is 63.8 cm³/mol. The van der Waals surface area contributed by atoms with Crippen LogP contribution in [-0.2, 0) is 0 Å². The molecule has 0 saturated heterocycles. The molecule has 84 valence electrons. The van der Waals surface area contributed by atoms with Crippen molar-refractivity contribution < 1.29 is 0 Å². The van der Waals surface area contributed by atoms with Crippen LogP contribution in [0.1, 0.15) is 32.6 Å². The first-order chi connectivity index (χ1) is 6.59. The minimum absolute atomic E-state index is 0.950. The lowest BCUT2D eigenvalue weighted by atomic mass is 10.2. The molecule has 0 aliphatic heterocycles. The van der Waals surface area contributed by atoms with Gasteiger partial charge in [-0.1, -0.05) is 26.2 Å². The molecule has 0 saturated carbocycles. The molecule has 0 aliphatic rings. The molecule has 0 fully saturated rings. The van der Waals surface area contributed by atoms with E-state index in [4.69, 9.17) is 0 Å². The molecule has 3 heteroatoms. The molecule has 14 heavy (non-hydrogen) atoms. The molecule has 0 aliphatic carbocycles. The quantitative estimate of drug-likeness (QED) is 0.383. The van der Waals surface area contributed by atoms with Crippen LogP contribution in [0.2, 0.25) is 0 Å². The summed E-state index contributed by atoms with van der Waals surface area (Å²) in [5.41, 5.74) is 0. The van der Waals surface area contributed by atoms with E-state index in [9.17, 15) is 0 Å². The summed E-state index contributed by atoms with van der Waals surface area (Å²) in [6.07, 6.45) is 5.12. The molecule has 0 aromatic carbocycles. The highest BCUT2D eigenvalue weighted by Crippen LogP contribution is 1.99. The summed E-state index contributed by atoms with van der Waals surface area (Å²) in [6, 6.07) is 0. The van der Waals surface area contributed by atoms with Crippen molar-refractivity contribution in [2.75, 3.05) is 34.7 Å². The molecule has 3 nitrogen and oxygen atoms in total. The van der Waals surface area contributed by atoms with Gasteiger partial charge >= 0.3 is 0 Å². The molecule has 0 bridgehead atoms. The van der Waals surface area contributed by atoms with Gasteiger partial charge < -0.3 is 9.80 Å². The van der Waals surface area contributed by atoms with E-state index in [0.29, 0.717) is 0 Å². The van der Waals surface area contributed by atoms with Crippen molar-refractivity contribution in [3.8, 4) is 0 Å². The van der Waals surface area contributed by atoms with Gasteiger partial charge in [0.15, 0.2) is 5.96 Å². The van der Waals surface area contributed by atoms with Crippen LogP contribution in [-0.4, -0.2) is 50.5 Å². The molecule has 0 rings (SSSR count). The maximum absolute atomic E-state index is 4.56. The fraction of sp³-hybridized carbons (Fsp3) is 0.909. The van der Waals surface area contributed by atoms with Crippen LogP contribution in [0, 0.1) is 0 Å². The van der Waals surface area contributed by atoms with Crippen molar-refractivity contribution in [2.24, 2.45) is 4.99 Å². The lowest BCUT2D eigenvalue weighted by Gasteiger charge is -2.22. The van der Waals surface area contributed by atoms with E-state index in [1.54, 1.807) is 0 Å². The van der Waals surface area contributed by atoms with E-state index in [-0.39, 0.29) is 0 Å². The summed E-state index contributed by atoms with van der Waals surface area (Å²) >= 11 is 0. The van der Waals surface area contributed by atoms with Gasteiger partial charge in [0, 0.05) is 34.7 Å². The molecular weight excluding hydrogens is 174 g/mol. The summed E-state index contributed by atoms with van der Waals surface area (Å²) < 4.78 is 0. The van der Waals surface area contributed by atoms with Crippen molar-refractivity contribution in [3.05, 3.63) is 0 Å². The summed E-state index contributed by atoms with van der Waals surface area (Å²) in [5.74, 6) is 1.06. The van der Waals surface area contributed by atoms with Gasteiger partial charge in [-0.05, 0) is 6.42 Å². The molecule has 0 aromatic rings. The maximum atomic E-state index is 4.56. The molecule has 0 spiro atoms. The SMILES string of the molecule is CCCCCCN=C(N(C)C)N(C)C. The van der Waals surface area contributed by atoms with E-state index < -0.39 is 0 Å². The molecule has 0 N–H and O–H groups in total. The lowest BCUT2D eigenvalue weighted by molar-refractivity contribution is 0.478. The third-order valence-corrected chi connectivity index (χ3v) is 2.06. The molecule has 0 atom stereocenters. The fourth-order valence-corrected chi connectivity index (χ4v) is 1.40. The van der Waals surface area contributed by atoms with E-state index >= 15 is 0 Å². The van der Waals surface area contributed by atoms with Crippen molar-refractivity contribution in [3.63, 3.8) is 0 Å². The van der Waals surface area contributed by atoms with E-state index in [0.717, 1.165) is 12.5 Å².